The van der Waals surface area contributed by atoms with Crippen LogP contribution in [0, 0.1) is 6.92 Å². The van der Waals surface area contributed by atoms with Crippen molar-refractivity contribution in [2.75, 3.05) is 0 Å². The van der Waals surface area contributed by atoms with Gasteiger partial charge in [0.25, 0.3) is 5.91 Å². The summed E-state index contributed by atoms with van der Waals surface area (Å²) in [6, 6.07) is 9.40. The third-order valence-corrected chi connectivity index (χ3v) is 4.36. The van der Waals surface area contributed by atoms with Crippen LogP contribution in [-0.2, 0) is 5.41 Å². The monoisotopic (exact) mass is 335 g/mol. The van der Waals surface area contributed by atoms with E-state index in [0.29, 0.717) is 11.2 Å². The fourth-order valence-electron chi connectivity index (χ4n) is 2.96. The number of primary amides is 1. The van der Waals surface area contributed by atoms with E-state index in [4.69, 9.17) is 5.73 Å². The smallest absolute Gasteiger partial charge is 0.268 e. The molecule has 0 radical (unpaired) electrons. The van der Waals surface area contributed by atoms with Crippen molar-refractivity contribution in [3.05, 3.63) is 63.6 Å². The Morgan fingerprint density at radius 1 is 1.16 bits per heavy atom. The highest BCUT2D eigenvalue weighted by molar-refractivity contribution is 6.03. The van der Waals surface area contributed by atoms with E-state index in [2.05, 4.69) is 42.9 Å². The summed E-state index contributed by atoms with van der Waals surface area (Å²) in [7, 11) is 0. The second-order valence-electron chi connectivity index (χ2n) is 7.27. The minimum atomic E-state index is -0.713. The van der Waals surface area contributed by atoms with Gasteiger partial charge in [-0.25, -0.2) is 0 Å². The highest BCUT2D eigenvalue weighted by atomic mass is 16.1. The fraction of sp³-hybridized carbons (Fsp3) is 0.250. The van der Waals surface area contributed by atoms with Gasteiger partial charge in [0.05, 0.1) is 10.9 Å². The lowest BCUT2D eigenvalue weighted by molar-refractivity contribution is 0.0997. The first-order valence-electron chi connectivity index (χ1n) is 8.12. The minimum Gasteiger partial charge on any atom is -0.364 e. The summed E-state index contributed by atoms with van der Waals surface area (Å²) in [6.45, 7) is 8.52. The highest BCUT2D eigenvalue weighted by Crippen LogP contribution is 2.29. The SMILES string of the molecule is Cc1cc(C(C)(C)C)ccc1-c1cc(=O)c2c(C(N)=O)nccc2[nH]1. The van der Waals surface area contributed by atoms with Crippen molar-refractivity contribution >= 4 is 16.8 Å². The Labute approximate surface area is 145 Å². The molecule has 128 valence electrons. The van der Waals surface area contributed by atoms with Gasteiger partial charge in [-0.05, 0) is 29.5 Å². The molecule has 0 spiro atoms. The van der Waals surface area contributed by atoms with Crippen LogP contribution in [0.1, 0.15) is 42.4 Å². The van der Waals surface area contributed by atoms with Crippen LogP contribution >= 0.6 is 0 Å². The van der Waals surface area contributed by atoms with E-state index < -0.39 is 5.91 Å². The van der Waals surface area contributed by atoms with Gasteiger partial charge in [0.1, 0.15) is 5.69 Å². The van der Waals surface area contributed by atoms with Crippen LogP contribution in [0.2, 0.25) is 0 Å². The number of nitrogens with one attached hydrogen (secondary N) is 1. The van der Waals surface area contributed by atoms with Crippen LogP contribution in [0.25, 0.3) is 22.2 Å². The molecule has 0 saturated carbocycles. The van der Waals surface area contributed by atoms with E-state index in [1.54, 1.807) is 6.07 Å². The maximum Gasteiger partial charge on any atom is 0.268 e. The van der Waals surface area contributed by atoms with E-state index in [9.17, 15) is 9.59 Å². The molecule has 0 atom stereocenters. The summed E-state index contributed by atoms with van der Waals surface area (Å²) in [4.78, 5) is 31.2. The molecule has 5 nitrogen and oxygen atoms in total. The van der Waals surface area contributed by atoms with Crippen molar-refractivity contribution in [3.8, 4) is 11.3 Å². The average molecular weight is 335 g/mol. The normalized spacial score (nSPS) is 11.7. The van der Waals surface area contributed by atoms with E-state index >= 15 is 0 Å². The summed E-state index contributed by atoms with van der Waals surface area (Å²) >= 11 is 0. The number of benzene rings is 1. The minimum absolute atomic E-state index is 0.00916. The van der Waals surface area contributed by atoms with Gasteiger partial charge in [0.2, 0.25) is 0 Å². The molecule has 0 bridgehead atoms. The maximum absolute atomic E-state index is 12.6. The predicted molar refractivity (Wildman–Crippen MR) is 99.8 cm³/mol. The Bertz CT molecular complexity index is 1040. The molecule has 0 saturated heterocycles. The van der Waals surface area contributed by atoms with Crippen molar-refractivity contribution in [2.24, 2.45) is 5.73 Å². The first kappa shape index (κ1) is 16.9. The Morgan fingerprint density at radius 2 is 1.88 bits per heavy atom. The van der Waals surface area contributed by atoms with Crippen LogP contribution in [0.5, 0.6) is 0 Å². The number of aromatic nitrogens is 2. The number of aryl methyl sites for hydroxylation is 1. The third-order valence-electron chi connectivity index (χ3n) is 4.36. The molecule has 0 fully saturated rings. The Kier molecular flexibility index (Phi) is 3.95. The number of carbonyl (C=O) groups is 1. The van der Waals surface area contributed by atoms with Crippen molar-refractivity contribution < 1.29 is 4.79 Å². The van der Waals surface area contributed by atoms with Gasteiger partial charge in [0, 0.05) is 23.5 Å². The molecule has 0 aliphatic rings. The van der Waals surface area contributed by atoms with Crippen molar-refractivity contribution in [3.63, 3.8) is 0 Å². The summed E-state index contributed by atoms with van der Waals surface area (Å²) in [5, 5.41) is 0.225. The number of hydrogen-bond donors (Lipinski definition) is 2. The first-order chi connectivity index (χ1) is 11.7. The molecule has 2 aromatic heterocycles. The predicted octanol–water partition coefficient (Wildman–Crippen LogP) is 3.29. The molecule has 3 rings (SSSR count). The van der Waals surface area contributed by atoms with Crippen LogP contribution < -0.4 is 11.2 Å². The molecular formula is C20H21N3O2. The Morgan fingerprint density at radius 3 is 2.48 bits per heavy atom. The van der Waals surface area contributed by atoms with Crippen LogP contribution in [-0.4, -0.2) is 15.9 Å². The summed E-state index contributed by atoms with van der Waals surface area (Å²) in [5.41, 5.74) is 9.61. The molecule has 1 amide bonds. The number of hydrogen-bond acceptors (Lipinski definition) is 3. The Hall–Kier alpha value is -2.95. The maximum atomic E-state index is 12.6. The molecule has 0 unspecified atom stereocenters. The van der Waals surface area contributed by atoms with Crippen LogP contribution in [0.4, 0.5) is 0 Å². The van der Waals surface area contributed by atoms with Gasteiger partial charge in [-0.3, -0.25) is 14.6 Å². The molecule has 5 heteroatoms. The molecule has 3 N–H and O–H groups in total. The fourth-order valence-corrected chi connectivity index (χ4v) is 2.96. The number of nitrogens with two attached hydrogens (primary N) is 1. The standard InChI is InChI=1S/C20H21N3O2/c1-11-9-12(20(2,3)4)5-6-13(11)15-10-16(24)17-14(23-15)7-8-22-18(17)19(21)25/h5-10H,1-4H3,(H2,21,25)(H,23,24). The molecule has 0 aliphatic heterocycles. The molecule has 3 aromatic rings. The lowest BCUT2D eigenvalue weighted by Gasteiger charge is -2.20. The average Bonchev–Trinajstić information content (AvgIpc) is 2.53. The second kappa shape index (κ2) is 5.84. The number of nitrogens with zero attached hydrogens (tertiary/aromatic N) is 1. The quantitative estimate of drug-likeness (QED) is 0.753. The number of H-pyrrole nitrogens is 1. The number of carbonyl (C=O) groups excluding carboxylic acids is 1. The van der Waals surface area contributed by atoms with Crippen LogP contribution in [0.15, 0.2) is 41.3 Å². The molecule has 25 heavy (non-hydrogen) atoms. The van der Waals surface area contributed by atoms with E-state index in [1.807, 2.05) is 13.0 Å². The summed E-state index contributed by atoms with van der Waals surface area (Å²) in [6.07, 6.45) is 1.47. The van der Waals surface area contributed by atoms with E-state index in [1.165, 1.54) is 17.8 Å². The molecule has 0 aliphatic carbocycles. The van der Waals surface area contributed by atoms with Gasteiger partial charge in [-0.15, -0.1) is 0 Å². The van der Waals surface area contributed by atoms with Gasteiger partial charge in [-0.1, -0.05) is 39.0 Å². The molecule has 2 heterocycles. The number of aromatic amines is 1. The largest absolute Gasteiger partial charge is 0.364 e. The van der Waals surface area contributed by atoms with E-state index in [-0.39, 0.29) is 21.9 Å². The zero-order valence-electron chi connectivity index (χ0n) is 14.8. The van der Waals surface area contributed by atoms with Gasteiger partial charge < -0.3 is 10.7 Å². The van der Waals surface area contributed by atoms with Crippen LogP contribution in [0.3, 0.4) is 0 Å². The van der Waals surface area contributed by atoms with Gasteiger partial charge in [0.15, 0.2) is 5.43 Å². The highest BCUT2D eigenvalue weighted by Gasteiger charge is 2.17. The topological polar surface area (TPSA) is 88.8 Å². The van der Waals surface area contributed by atoms with Gasteiger partial charge in [-0.2, -0.15) is 0 Å². The first-order valence-corrected chi connectivity index (χ1v) is 8.12. The molecular weight excluding hydrogens is 314 g/mol. The summed E-state index contributed by atoms with van der Waals surface area (Å²) in [5.74, 6) is -0.713. The van der Waals surface area contributed by atoms with Crippen molar-refractivity contribution in [1.29, 1.82) is 0 Å². The lowest BCUT2D eigenvalue weighted by Crippen LogP contribution is -2.17. The van der Waals surface area contributed by atoms with Gasteiger partial charge >= 0.3 is 0 Å². The number of pyridine rings is 2. The number of rotatable bonds is 2. The third kappa shape index (κ3) is 3.05. The lowest BCUT2D eigenvalue weighted by atomic mass is 9.85. The molecule has 1 aromatic carbocycles. The second-order valence-corrected chi connectivity index (χ2v) is 7.27. The zero-order chi connectivity index (χ0) is 18.4. The Balaban J connectivity index is 2.21. The number of fused-ring (bicyclic) bond motifs is 1. The van der Waals surface area contributed by atoms with Crippen molar-refractivity contribution in [1.82, 2.24) is 9.97 Å². The van der Waals surface area contributed by atoms with E-state index in [0.717, 1.165) is 11.1 Å². The number of amides is 1. The van der Waals surface area contributed by atoms with Crippen molar-refractivity contribution in [2.45, 2.75) is 33.1 Å². The summed E-state index contributed by atoms with van der Waals surface area (Å²) < 4.78 is 0. The zero-order valence-corrected chi connectivity index (χ0v) is 14.8.